The first-order chi connectivity index (χ1) is 18.8. The highest BCUT2D eigenvalue weighted by atomic mass is 16.5. The molecule has 1 saturated heterocycles. The third-order valence-corrected chi connectivity index (χ3v) is 6.66. The van der Waals surface area contributed by atoms with Gasteiger partial charge in [-0.1, -0.05) is 74.5 Å². The van der Waals surface area contributed by atoms with E-state index in [0.717, 1.165) is 35.4 Å². The van der Waals surface area contributed by atoms with Gasteiger partial charge in [0.1, 0.15) is 23.7 Å². The van der Waals surface area contributed by atoms with Gasteiger partial charge < -0.3 is 9.47 Å². The maximum Gasteiger partial charge on any atom is 0.167 e. The average molecular weight is 528 g/mol. The number of Topliss-reactive ketones (excluding diaryl/α,β-unsaturated/α-hetero) is 1. The molecule has 4 heteroatoms. The quantitative estimate of drug-likeness (QED) is 0.150. The zero-order chi connectivity index (χ0) is 28.1. The van der Waals surface area contributed by atoms with E-state index in [2.05, 4.69) is 30.5 Å². The average Bonchev–Trinajstić information content (AvgIpc) is 2.93. The predicted octanol–water partition coefficient (Wildman–Crippen LogP) is 7.97. The van der Waals surface area contributed by atoms with Crippen molar-refractivity contribution in [3.8, 4) is 5.75 Å². The van der Waals surface area contributed by atoms with Crippen LogP contribution in [0.25, 0.3) is 5.57 Å². The molecule has 0 unspecified atom stereocenters. The van der Waals surface area contributed by atoms with Crippen LogP contribution in [-0.2, 0) is 16.0 Å². The lowest BCUT2D eigenvalue weighted by Crippen LogP contribution is -2.33. The van der Waals surface area contributed by atoms with Gasteiger partial charge in [0, 0.05) is 18.5 Å². The molecule has 3 rings (SSSR count). The number of ketones is 1. The van der Waals surface area contributed by atoms with E-state index >= 15 is 0 Å². The van der Waals surface area contributed by atoms with Crippen LogP contribution in [0.3, 0.4) is 0 Å². The molecular formula is C35H45NO3. The fraction of sp³-hybridized carbons (Fsp3) is 0.400. The minimum atomic E-state index is -0.329. The predicted molar refractivity (Wildman–Crippen MR) is 163 cm³/mol. The Morgan fingerprint density at radius 2 is 1.69 bits per heavy atom. The van der Waals surface area contributed by atoms with Crippen LogP contribution in [0.4, 0.5) is 0 Å². The third kappa shape index (κ3) is 10.4. The Labute approximate surface area is 235 Å². The maximum atomic E-state index is 13.7. The second-order valence-electron chi connectivity index (χ2n) is 11.0. The van der Waals surface area contributed by atoms with Crippen LogP contribution in [0.1, 0.15) is 64.5 Å². The Morgan fingerprint density at radius 3 is 2.31 bits per heavy atom. The minimum absolute atomic E-state index is 0.0796. The van der Waals surface area contributed by atoms with Crippen molar-refractivity contribution in [3.63, 3.8) is 0 Å². The lowest BCUT2D eigenvalue weighted by Gasteiger charge is -2.26. The van der Waals surface area contributed by atoms with Gasteiger partial charge in [-0.2, -0.15) is 0 Å². The lowest BCUT2D eigenvalue weighted by atomic mass is 9.92. The van der Waals surface area contributed by atoms with Crippen LogP contribution in [-0.4, -0.2) is 42.5 Å². The number of benzene rings is 2. The second-order valence-corrected chi connectivity index (χ2v) is 11.0. The molecule has 0 radical (unpaired) electrons. The summed E-state index contributed by atoms with van der Waals surface area (Å²) in [6.45, 7) is 15.9. The molecule has 1 fully saturated rings. The van der Waals surface area contributed by atoms with E-state index in [-0.39, 0.29) is 11.4 Å². The van der Waals surface area contributed by atoms with Gasteiger partial charge in [-0.3, -0.25) is 9.69 Å². The van der Waals surface area contributed by atoms with Crippen molar-refractivity contribution in [3.05, 3.63) is 108 Å². The molecule has 0 spiro atoms. The number of rotatable bonds is 13. The van der Waals surface area contributed by atoms with E-state index in [1.807, 2.05) is 81.5 Å². The van der Waals surface area contributed by atoms with Gasteiger partial charge in [0.2, 0.25) is 0 Å². The maximum absolute atomic E-state index is 13.7. The van der Waals surface area contributed by atoms with Crippen molar-refractivity contribution in [1.82, 2.24) is 4.90 Å². The number of likely N-dealkylation sites (tertiary alicyclic amines) is 1. The van der Waals surface area contributed by atoms with Crippen molar-refractivity contribution >= 4 is 11.4 Å². The van der Waals surface area contributed by atoms with Crippen LogP contribution in [0.2, 0.25) is 0 Å². The summed E-state index contributed by atoms with van der Waals surface area (Å²) in [5.41, 5.74) is 3.44. The zero-order valence-corrected chi connectivity index (χ0v) is 24.2. The molecule has 2 aromatic carbocycles. The van der Waals surface area contributed by atoms with Gasteiger partial charge in [-0.25, -0.2) is 0 Å². The molecule has 208 valence electrons. The molecule has 0 bridgehead atoms. The third-order valence-electron chi connectivity index (χ3n) is 6.66. The summed E-state index contributed by atoms with van der Waals surface area (Å²) in [7, 11) is 0. The largest absolute Gasteiger partial charge is 0.492 e. The molecule has 1 heterocycles. The fourth-order valence-corrected chi connectivity index (χ4v) is 4.75. The first-order valence-corrected chi connectivity index (χ1v) is 14.2. The zero-order valence-electron chi connectivity index (χ0n) is 24.2. The Morgan fingerprint density at radius 1 is 1.00 bits per heavy atom. The molecule has 0 N–H and O–H groups in total. The molecular weight excluding hydrogens is 482 g/mol. The van der Waals surface area contributed by atoms with E-state index in [1.54, 1.807) is 6.08 Å². The van der Waals surface area contributed by atoms with E-state index < -0.39 is 0 Å². The van der Waals surface area contributed by atoms with Crippen molar-refractivity contribution in [2.75, 3.05) is 26.2 Å². The molecule has 0 saturated carbocycles. The molecule has 0 amide bonds. The summed E-state index contributed by atoms with van der Waals surface area (Å²) in [6.07, 6.45) is 12.3. The van der Waals surface area contributed by atoms with E-state index in [4.69, 9.17) is 9.47 Å². The van der Waals surface area contributed by atoms with Crippen molar-refractivity contribution in [1.29, 1.82) is 0 Å². The smallest absolute Gasteiger partial charge is 0.167 e. The van der Waals surface area contributed by atoms with Gasteiger partial charge in [0.05, 0.1) is 0 Å². The number of hydrogen-bond donors (Lipinski definition) is 0. The van der Waals surface area contributed by atoms with E-state index in [1.165, 1.54) is 32.4 Å². The molecule has 0 atom stereocenters. The van der Waals surface area contributed by atoms with Gasteiger partial charge in [-0.05, 0) is 94.1 Å². The van der Waals surface area contributed by atoms with E-state index in [9.17, 15) is 4.79 Å². The standard InChI is InChI=1S/C35H45NO3/c1-6-30(39-35(3,4)5)17-14-18-33(32(7-2)29-15-10-8-11-16-29)34(37)27-28-19-21-31(22-20-28)38-26-25-36-23-12-9-13-24-36/h6,8,10-11,14-22H,1,7,9,12-13,23-27H2,2-5H3/b18-14+,30-17+,33-32?. The first kappa shape index (κ1) is 30.2. The van der Waals surface area contributed by atoms with Crippen LogP contribution in [0.5, 0.6) is 5.75 Å². The highest BCUT2D eigenvalue weighted by Crippen LogP contribution is 2.25. The normalized spacial score (nSPS) is 15.6. The Bertz CT molecular complexity index is 1140. The number of carbonyl (C=O) groups is 1. The Balaban J connectivity index is 1.75. The molecule has 0 aromatic heterocycles. The van der Waals surface area contributed by atoms with E-state index in [0.29, 0.717) is 24.4 Å². The Kier molecular flexibility index (Phi) is 11.8. The van der Waals surface area contributed by atoms with Crippen molar-refractivity contribution < 1.29 is 14.3 Å². The molecule has 1 aliphatic rings. The number of allylic oxidation sites excluding steroid dienone is 6. The number of ether oxygens (including phenoxy) is 2. The molecule has 1 aliphatic heterocycles. The summed E-state index contributed by atoms with van der Waals surface area (Å²) in [6, 6.07) is 18.1. The highest BCUT2D eigenvalue weighted by molar-refractivity contribution is 6.06. The summed E-state index contributed by atoms with van der Waals surface area (Å²) < 4.78 is 11.9. The van der Waals surface area contributed by atoms with Gasteiger partial charge >= 0.3 is 0 Å². The fourth-order valence-electron chi connectivity index (χ4n) is 4.75. The molecule has 2 aromatic rings. The summed E-state index contributed by atoms with van der Waals surface area (Å²) >= 11 is 0. The summed E-state index contributed by atoms with van der Waals surface area (Å²) in [4.78, 5) is 16.1. The number of piperidine rings is 1. The Hall–Kier alpha value is -3.37. The van der Waals surface area contributed by atoms with Gasteiger partial charge in [0.25, 0.3) is 0 Å². The lowest BCUT2D eigenvalue weighted by molar-refractivity contribution is -0.114. The molecule has 39 heavy (non-hydrogen) atoms. The monoisotopic (exact) mass is 527 g/mol. The first-order valence-electron chi connectivity index (χ1n) is 14.2. The van der Waals surface area contributed by atoms with Gasteiger partial charge in [-0.15, -0.1) is 0 Å². The molecule has 0 aliphatic carbocycles. The molecule has 4 nitrogen and oxygen atoms in total. The van der Waals surface area contributed by atoms with Crippen LogP contribution >= 0.6 is 0 Å². The number of carbonyl (C=O) groups excluding carboxylic acids is 1. The van der Waals surface area contributed by atoms with Crippen LogP contribution < -0.4 is 4.74 Å². The van der Waals surface area contributed by atoms with Gasteiger partial charge in [0.15, 0.2) is 5.78 Å². The number of nitrogens with zero attached hydrogens (tertiary/aromatic N) is 1. The topological polar surface area (TPSA) is 38.8 Å². The van der Waals surface area contributed by atoms with Crippen molar-refractivity contribution in [2.24, 2.45) is 0 Å². The van der Waals surface area contributed by atoms with Crippen LogP contribution in [0.15, 0.2) is 96.8 Å². The number of hydrogen-bond acceptors (Lipinski definition) is 4. The summed E-state index contributed by atoms with van der Waals surface area (Å²) in [5.74, 6) is 1.59. The highest BCUT2D eigenvalue weighted by Gasteiger charge is 2.15. The SMILES string of the molecule is C=C/C(=C\C=C\C(C(=O)Cc1ccc(OCCN2CCCCC2)cc1)=C(CC)c1ccccc1)OC(C)(C)C. The second kappa shape index (κ2) is 15.3. The minimum Gasteiger partial charge on any atom is -0.492 e. The van der Waals surface area contributed by atoms with Crippen LogP contribution in [0, 0.1) is 0 Å². The van der Waals surface area contributed by atoms with Crippen molar-refractivity contribution in [2.45, 2.75) is 65.4 Å². The summed E-state index contributed by atoms with van der Waals surface area (Å²) in [5, 5.41) is 0.